The zero-order chi connectivity index (χ0) is 12.1. The van der Waals surface area contributed by atoms with Crippen molar-refractivity contribution in [1.29, 1.82) is 0 Å². The molecule has 0 aromatic heterocycles. The highest BCUT2D eigenvalue weighted by atomic mass is 35.5. The fraction of sp³-hybridized carbons (Fsp3) is 0.400. The molecule has 1 aliphatic carbocycles. The van der Waals surface area contributed by atoms with E-state index in [9.17, 15) is 17.6 Å². The predicted octanol–water partition coefficient (Wildman–Crippen LogP) is 4.51. The second-order valence-electron chi connectivity index (χ2n) is 3.75. The summed E-state index contributed by atoms with van der Waals surface area (Å²) >= 11 is 11.5. The number of benzene rings is 1. The molecule has 1 aliphatic rings. The Morgan fingerprint density at radius 2 is 1.81 bits per heavy atom. The van der Waals surface area contributed by atoms with Crippen LogP contribution < -0.4 is 0 Å². The van der Waals surface area contributed by atoms with Gasteiger partial charge in [0.15, 0.2) is 0 Å². The van der Waals surface area contributed by atoms with Crippen LogP contribution in [0.3, 0.4) is 0 Å². The van der Waals surface area contributed by atoms with E-state index in [4.69, 9.17) is 23.2 Å². The van der Waals surface area contributed by atoms with Crippen molar-refractivity contribution < 1.29 is 17.6 Å². The summed E-state index contributed by atoms with van der Waals surface area (Å²) in [5.74, 6) is -1.64. The Labute approximate surface area is 99.2 Å². The molecule has 1 unspecified atom stereocenters. The van der Waals surface area contributed by atoms with Crippen LogP contribution in [-0.2, 0) is 6.18 Å². The van der Waals surface area contributed by atoms with Crippen molar-refractivity contribution in [1.82, 2.24) is 0 Å². The summed E-state index contributed by atoms with van der Waals surface area (Å²) in [6.07, 6.45) is -4.31. The Morgan fingerprint density at radius 1 is 1.25 bits per heavy atom. The van der Waals surface area contributed by atoms with E-state index in [0.29, 0.717) is 12.0 Å². The first-order valence-electron chi connectivity index (χ1n) is 4.46. The second-order valence-corrected chi connectivity index (χ2v) is 5.30. The molecule has 0 nitrogen and oxygen atoms in total. The molecule has 0 bridgehead atoms. The number of hydrogen-bond acceptors (Lipinski definition) is 0. The van der Waals surface area contributed by atoms with E-state index in [-0.39, 0.29) is 5.92 Å². The number of hydrogen-bond donors (Lipinski definition) is 0. The van der Waals surface area contributed by atoms with Gasteiger partial charge in [-0.15, -0.1) is 23.2 Å². The molecule has 1 saturated carbocycles. The lowest BCUT2D eigenvalue weighted by Crippen LogP contribution is -2.09. The molecule has 2 rings (SSSR count). The van der Waals surface area contributed by atoms with Gasteiger partial charge in [-0.05, 0) is 24.1 Å². The molecule has 1 fully saturated rings. The quantitative estimate of drug-likeness (QED) is 0.521. The normalized spacial score (nSPS) is 23.2. The van der Waals surface area contributed by atoms with Crippen LogP contribution in [0.4, 0.5) is 17.6 Å². The van der Waals surface area contributed by atoms with Crippen molar-refractivity contribution >= 4 is 23.2 Å². The lowest BCUT2D eigenvalue weighted by molar-refractivity contribution is -0.140. The Hall–Kier alpha value is -0.480. The molecule has 16 heavy (non-hydrogen) atoms. The van der Waals surface area contributed by atoms with Crippen molar-refractivity contribution in [3.8, 4) is 0 Å². The van der Waals surface area contributed by atoms with Gasteiger partial charge in [0.05, 0.1) is 5.56 Å². The van der Waals surface area contributed by atoms with Gasteiger partial charge in [-0.2, -0.15) is 13.2 Å². The van der Waals surface area contributed by atoms with E-state index in [1.807, 2.05) is 0 Å². The summed E-state index contributed by atoms with van der Waals surface area (Å²) < 4.78 is 49.1. The second kappa shape index (κ2) is 3.50. The van der Waals surface area contributed by atoms with Crippen molar-refractivity contribution in [2.45, 2.75) is 22.8 Å². The highest BCUT2D eigenvalue weighted by molar-refractivity contribution is 6.51. The molecule has 0 amide bonds. The van der Waals surface area contributed by atoms with Crippen molar-refractivity contribution in [2.75, 3.05) is 0 Å². The molecular formula is C10H6Cl2F4. The van der Waals surface area contributed by atoms with Crippen LogP contribution in [0.15, 0.2) is 18.2 Å². The predicted molar refractivity (Wildman–Crippen MR) is 53.2 cm³/mol. The van der Waals surface area contributed by atoms with Crippen LogP contribution in [0.5, 0.6) is 0 Å². The Kier molecular flexibility index (Phi) is 2.63. The fourth-order valence-electron chi connectivity index (χ4n) is 1.55. The summed E-state index contributed by atoms with van der Waals surface area (Å²) in [6, 6.07) is 2.84. The van der Waals surface area contributed by atoms with Crippen LogP contribution in [0.1, 0.15) is 23.5 Å². The molecule has 0 saturated heterocycles. The topological polar surface area (TPSA) is 0 Å². The fourth-order valence-corrected chi connectivity index (χ4v) is 2.11. The van der Waals surface area contributed by atoms with Crippen LogP contribution in [-0.4, -0.2) is 4.33 Å². The largest absolute Gasteiger partial charge is 0.419 e. The maximum Gasteiger partial charge on any atom is 0.419 e. The van der Waals surface area contributed by atoms with E-state index < -0.39 is 21.9 Å². The maximum atomic E-state index is 13.0. The Morgan fingerprint density at radius 3 is 2.25 bits per heavy atom. The van der Waals surface area contributed by atoms with Gasteiger partial charge >= 0.3 is 6.18 Å². The van der Waals surface area contributed by atoms with E-state index in [1.165, 1.54) is 6.07 Å². The monoisotopic (exact) mass is 272 g/mol. The van der Waals surface area contributed by atoms with Crippen molar-refractivity contribution in [3.63, 3.8) is 0 Å². The average Bonchev–Trinajstić information content (AvgIpc) is 2.74. The lowest BCUT2D eigenvalue weighted by Gasteiger charge is -2.10. The summed E-state index contributed by atoms with van der Waals surface area (Å²) in [6.45, 7) is 0. The van der Waals surface area contributed by atoms with Gasteiger partial charge in [0, 0.05) is 5.92 Å². The lowest BCUT2D eigenvalue weighted by atomic mass is 10.1. The highest BCUT2D eigenvalue weighted by Crippen LogP contribution is 2.59. The molecule has 1 aromatic carbocycles. The van der Waals surface area contributed by atoms with E-state index in [2.05, 4.69) is 0 Å². The third kappa shape index (κ3) is 2.13. The van der Waals surface area contributed by atoms with Gasteiger partial charge in [0.1, 0.15) is 10.2 Å². The van der Waals surface area contributed by atoms with E-state index in [0.717, 1.165) is 12.1 Å². The van der Waals surface area contributed by atoms with Crippen molar-refractivity contribution in [2.24, 2.45) is 0 Å². The third-order valence-electron chi connectivity index (χ3n) is 2.52. The SMILES string of the molecule is Fc1ccc(C2CC2(Cl)Cl)cc1C(F)(F)F. The van der Waals surface area contributed by atoms with E-state index >= 15 is 0 Å². The van der Waals surface area contributed by atoms with Crippen LogP contribution in [0.2, 0.25) is 0 Å². The zero-order valence-electron chi connectivity index (χ0n) is 7.78. The minimum absolute atomic E-state index is 0.318. The number of halogens is 6. The first kappa shape index (κ1) is 12.0. The summed E-state index contributed by atoms with van der Waals surface area (Å²) in [5.41, 5.74) is -0.959. The minimum atomic E-state index is -4.70. The number of rotatable bonds is 1. The van der Waals surface area contributed by atoms with Crippen LogP contribution in [0.25, 0.3) is 0 Å². The minimum Gasteiger partial charge on any atom is -0.206 e. The summed E-state index contributed by atoms with van der Waals surface area (Å²) in [7, 11) is 0. The molecule has 0 spiro atoms. The van der Waals surface area contributed by atoms with Gasteiger partial charge in [-0.1, -0.05) is 6.07 Å². The smallest absolute Gasteiger partial charge is 0.206 e. The third-order valence-corrected chi connectivity index (χ3v) is 3.36. The van der Waals surface area contributed by atoms with Gasteiger partial charge in [-0.25, -0.2) is 4.39 Å². The highest BCUT2D eigenvalue weighted by Gasteiger charge is 2.53. The van der Waals surface area contributed by atoms with Gasteiger partial charge < -0.3 is 0 Å². The molecule has 0 aliphatic heterocycles. The Balaban J connectivity index is 2.38. The molecule has 6 heteroatoms. The van der Waals surface area contributed by atoms with Crippen LogP contribution in [0, 0.1) is 5.82 Å². The van der Waals surface area contributed by atoms with Gasteiger partial charge in [-0.3, -0.25) is 0 Å². The first-order chi connectivity index (χ1) is 7.22. The maximum absolute atomic E-state index is 13.0. The summed E-state index contributed by atoms with van der Waals surface area (Å²) in [5, 5.41) is 0. The zero-order valence-corrected chi connectivity index (χ0v) is 9.30. The molecule has 0 radical (unpaired) electrons. The molecule has 1 aromatic rings. The Bertz CT molecular complexity index is 425. The molecule has 0 heterocycles. The van der Waals surface area contributed by atoms with Crippen molar-refractivity contribution in [3.05, 3.63) is 35.1 Å². The van der Waals surface area contributed by atoms with Gasteiger partial charge in [0.2, 0.25) is 0 Å². The summed E-state index contributed by atoms with van der Waals surface area (Å²) in [4.78, 5) is 0. The van der Waals surface area contributed by atoms with E-state index in [1.54, 1.807) is 0 Å². The number of alkyl halides is 5. The molecular weight excluding hydrogens is 267 g/mol. The van der Waals surface area contributed by atoms with Crippen LogP contribution >= 0.6 is 23.2 Å². The molecule has 88 valence electrons. The average molecular weight is 273 g/mol. The molecule has 0 N–H and O–H groups in total. The molecule has 1 atom stereocenters. The standard InChI is InChI=1S/C10H6Cl2F4/c11-9(12)4-7(9)5-1-2-8(13)6(3-5)10(14,15)16/h1-3,7H,4H2. The van der Waals surface area contributed by atoms with Gasteiger partial charge in [0.25, 0.3) is 0 Å². The first-order valence-corrected chi connectivity index (χ1v) is 5.22.